The van der Waals surface area contributed by atoms with Crippen LogP contribution in [-0.4, -0.2) is 22.9 Å². The summed E-state index contributed by atoms with van der Waals surface area (Å²) in [7, 11) is 0. The van der Waals surface area contributed by atoms with Gasteiger partial charge in [0.05, 0.1) is 12.2 Å². The maximum Gasteiger partial charge on any atom is 0.432 e. The number of carbonyl (C=O) groups excluding carboxylic acids is 2. The number of hydrogen-bond acceptors (Lipinski definition) is 3. The second-order valence-electron chi connectivity index (χ2n) is 8.30. The highest BCUT2D eigenvalue weighted by molar-refractivity contribution is 6.45. The molecule has 0 bridgehead atoms. The minimum Gasteiger partial charge on any atom is -0.494 e. The van der Waals surface area contributed by atoms with Crippen LogP contribution in [0, 0.1) is 0 Å². The molecule has 38 heavy (non-hydrogen) atoms. The standard InChI is InChI=1S/C27H20Cl3F3N2O3/c1-2-38-19-8-9-22-20(12-19)23(24(36)26(37)34-13-15-4-3-5-17(28)10-15)25(27(31,32)33)35(22)14-16-6-7-18(29)11-21(16)30/h3-12H,2,13-14H2,1H3,(H,34,37). The molecule has 0 fully saturated rings. The van der Waals surface area contributed by atoms with Crippen LogP contribution in [0.15, 0.2) is 60.7 Å². The van der Waals surface area contributed by atoms with Crippen molar-refractivity contribution < 1.29 is 27.5 Å². The molecule has 198 valence electrons. The number of benzene rings is 3. The molecule has 5 nitrogen and oxygen atoms in total. The molecule has 0 spiro atoms. The Balaban J connectivity index is 1.84. The predicted octanol–water partition coefficient (Wildman–Crippen LogP) is 7.57. The van der Waals surface area contributed by atoms with Crippen LogP contribution in [0.3, 0.4) is 0 Å². The summed E-state index contributed by atoms with van der Waals surface area (Å²) in [6.07, 6.45) is -4.98. The average molecular weight is 584 g/mol. The Kier molecular flexibility index (Phi) is 8.25. The average Bonchev–Trinajstić information content (AvgIpc) is 3.18. The Morgan fingerprint density at radius 3 is 2.37 bits per heavy atom. The first kappa shape index (κ1) is 27.8. The van der Waals surface area contributed by atoms with Crippen molar-refractivity contribution in [1.82, 2.24) is 9.88 Å². The summed E-state index contributed by atoms with van der Waals surface area (Å²) in [5.41, 5.74) is -1.04. The van der Waals surface area contributed by atoms with E-state index in [1.165, 1.54) is 36.4 Å². The minimum atomic E-state index is -4.98. The molecule has 4 rings (SSSR count). The number of halogens is 6. The number of hydrogen-bond donors (Lipinski definition) is 1. The second-order valence-corrected chi connectivity index (χ2v) is 9.58. The van der Waals surface area contributed by atoms with Crippen LogP contribution in [0.5, 0.6) is 5.75 Å². The van der Waals surface area contributed by atoms with E-state index in [9.17, 15) is 22.8 Å². The molecule has 0 aliphatic carbocycles. The van der Waals surface area contributed by atoms with Crippen LogP contribution in [-0.2, 0) is 24.1 Å². The molecule has 3 aromatic carbocycles. The maximum absolute atomic E-state index is 14.6. The van der Waals surface area contributed by atoms with Crippen LogP contribution in [0.4, 0.5) is 13.2 Å². The Labute approximate surface area is 231 Å². The summed E-state index contributed by atoms with van der Waals surface area (Å²) in [4.78, 5) is 26.2. The van der Waals surface area contributed by atoms with Gasteiger partial charge in [-0.25, -0.2) is 0 Å². The number of rotatable bonds is 8. The van der Waals surface area contributed by atoms with Crippen molar-refractivity contribution in [3.05, 3.63) is 98.1 Å². The minimum absolute atomic E-state index is 0.0729. The number of alkyl halides is 3. The number of amides is 1. The second kappa shape index (κ2) is 11.3. The Morgan fingerprint density at radius 1 is 0.974 bits per heavy atom. The molecule has 0 unspecified atom stereocenters. The van der Waals surface area contributed by atoms with E-state index in [0.29, 0.717) is 21.2 Å². The molecule has 0 saturated heterocycles. The number of fused-ring (bicyclic) bond motifs is 1. The van der Waals surface area contributed by atoms with E-state index in [0.717, 1.165) is 4.57 Å². The predicted molar refractivity (Wildman–Crippen MR) is 141 cm³/mol. The quantitative estimate of drug-likeness (QED) is 0.172. The smallest absolute Gasteiger partial charge is 0.432 e. The Hall–Kier alpha value is -3.20. The van der Waals surface area contributed by atoms with Crippen molar-refractivity contribution in [1.29, 1.82) is 0 Å². The summed E-state index contributed by atoms with van der Waals surface area (Å²) in [5.74, 6) is -2.27. The lowest BCUT2D eigenvalue weighted by Crippen LogP contribution is -2.32. The lowest BCUT2D eigenvalue weighted by Gasteiger charge is -2.16. The Morgan fingerprint density at radius 2 is 1.71 bits per heavy atom. The topological polar surface area (TPSA) is 60.3 Å². The summed E-state index contributed by atoms with van der Waals surface area (Å²) in [6, 6.07) is 15.2. The summed E-state index contributed by atoms with van der Waals surface area (Å²) >= 11 is 18.2. The van der Waals surface area contributed by atoms with Crippen molar-refractivity contribution in [3.63, 3.8) is 0 Å². The monoisotopic (exact) mass is 582 g/mol. The molecule has 4 aromatic rings. The molecule has 0 atom stereocenters. The van der Waals surface area contributed by atoms with Crippen LogP contribution in [0.2, 0.25) is 15.1 Å². The van der Waals surface area contributed by atoms with E-state index in [-0.39, 0.29) is 41.4 Å². The zero-order valence-electron chi connectivity index (χ0n) is 19.8. The first-order valence-corrected chi connectivity index (χ1v) is 12.5. The normalized spacial score (nSPS) is 11.6. The van der Waals surface area contributed by atoms with E-state index < -0.39 is 29.1 Å². The van der Waals surface area contributed by atoms with Gasteiger partial charge in [-0.1, -0.05) is 53.0 Å². The molecule has 1 N–H and O–H groups in total. The van der Waals surface area contributed by atoms with Crippen molar-refractivity contribution >= 4 is 57.4 Å². The fourth-order valence-corrected chi connectivity index (χ4v) is 4.80. The van der Waals surface area contributed by atoms with E-state index in [1.54, 1.807) is 31.2 Å². The first-order chi connectivity index (χ1) is 18.0. The highest BCUT2D eigenvalue weighted by Gasteiger charge is 2.42. The molecular weight excluding hydrogens is 564 g/mol. The lowest BCUT2D eigenvalue weighted by molar-refractivity contribution is -0.143. The van der Waals surface area contributed by atoms with Gasteiger partial charge in [-0.05, 0) is 60.5 Å². The zero-order valence-corrected chi connectivity index (χ0v) is 22.1. The van der Waals surface area contributed by atoms with Gasteiger partial charge in [-0.2, -0.15) is 13.2 Å². The third kappa shape index (κ3) is 5.93. The van der Waals surface area contributed by atoms with Gasteiger partial charge >= 0.3 is 6.18 Å². The molecular formula is C27H20Cl3F3N2O3. The van der Waals surface area contributed by atoms with Gasteiger partial charge in [-0.3, -0.25) is 9.59 Å². The fourth-order valence-electron chi connectivity index (χ4n) is 4.12. The number of ketones is 1. The van der Waals surface area contributed by atoms with Gasteiger partial charge in [0.25, 0.3) is 11.7 Å². The SMILES string of the molecule is CCOc1ccc2c(c1)c(C(=O)C(=O)NCc1cccc(Cl)c1)c(C(F)(F)F)n2Cc1ccc(Cl)cc1Cl. The molecule has 11 heteroatoms. The molecule has 1 amide bonds. The van der Waals surface area contributed by atoms with Gasteiger partial charge in [-0.15, -0.1) is 0 Å². The largest absolute Gasteiger partial charge is 0.494 e. The van der Waals surface area contributed by atoms with E-state index >= 15 is 0 Å². The van der Waals surface area contributed by atoms with Gasteiger partial charge in [0.2, 0.25) is 0 Å². The van der Waals surface area contributed by atoms with Gasteiger partial charge < -0.3 is 14.6 Å². The number of ether oxygens (including phenoxy) is 1. The molecule has 0 aliphatic rings. The maximum atomic E-state index is 14.6. The fraction of sp³-hybridized carbons (Fsp3) is 0.185. The number of carbonyl (C=O) groups is 2. The van der Waals surface area contributed by atoms with Crippen molar-refractivity contribution in [2.24, 2.45) is 0 Å². The van der Waals surface area contributed by atoms with E-state index in [4.69, 9.17) is 39.5 Å². The number of nitrogens with zero attached hydrogens (tertiary/aromatic N) is 1. The van der Waals surface area contributed by atoms with E-state index in [2.05, 4.69) is 5.32 Å². The van der Waals surface area contributed by atoms with Crippen LogP contribution in [0.25, 0.3) is 10.9 Å². The highest BCUT2D eigenvalue weighted by Crippen LogP contribution is 2.40. The summed E-state index contributed by atoms with van der Waals surface area (Å²) in [5, 5.41) is 3.21. The third-order valence-electron chi connectivity index (χ3n) is 5.73. The first-order valence-electron chi connectivity index (χ1n) is 11.4. The van der Waals surface area contributed by atoms with Gasteiger partial charge in [0, 0.05) is 39.1 Å². The van der Waals surface area contributed by atoms with Crippen molar-refractivity contribution in [2.45, 2.75) is 26.2 Å². The summed E-state index contributed by atoms with van der Waals surface area (Å²) < 4.78 is 50.1. The number of nitrogens with one attached hydrogen (secondary N) is 1. The zero-order chi connectivity index (χ0) is 27.6. The highest BCUT2D eigenvalue weighted by atomic mass is 35.5. The number of Topliss-reactive ketones (excluding diaryl/α,β-unsaturated/α-hetero) is 1. The van der Waals surface area contributed by atoms with Crippen LogP contribution in [0.1, 0.15) is 34.1 Å². The number of aromatic nitrogens is 1. The van der Waals surface area contributed by atoms with E-state index in [1.807, 2.05) is 0 Å². The summed E-state index contributed by atoms with van der Waals surface area (Å²) in [6.45, 7) is 1.54. The van der Waals surface area contributed by atoms with Gasteiger partial charge in [0.15, 0.2) is 0 Å². The Bertz CT molecular complexity index is 1530. The molecule has 1 aromatic heterocycles. The molecule has 0 radical (unpaired) electrons. The molecule has 0 saturated carbocycles. The lowest BCUT2D eigenvalue weighted by atomic mass is 10.0. The van der Waals surface area contributed by atoms with Crippen LogP contribution >= 0.6 is 34.8 Å². The molecule has 1 heterocycles. The van der Waals surface area contributed by atoms with Gasteiger partial charge in [0.1, 0.15) is 11.4 Å². The van der Waals surface area contributed by atoms with Crippen molar-refractivity contribution in [3.8, 4) is 5.75 Å². The van der Waals surface area contributed by atoms with Crippen molar-refractivity contribution in [2.75, 3.05) is 6.61 Å². The third-order valence-corrected chi connectivity index (χ3v) is 6.56. The molecule has 0 aliphatic heterocycles. The van der Waals surface area contributed by atoms with Crippen LogP contribution < -0.4 is 10.1 Å².